The molecule has 0 aliphatic heterocycles. The number of benzene rings is 1. The van der Waals surface area contributed by atoms with Gasteiger partial charge in [0.05, 0.1) is 30.0 Å². The first-order valence-electron chi connectivity index (χ1n) is 10.5. The summed E-state index contributed by atoms with van der Waals surface area (Å²) in [5.41, 5.74) is 2.54. The van der Waals surface area contributed by atoms with Crippen LogP contribution < -0.4 is 5.32 Å². The Bertz CT molecular complexity index is 808. The summed E-state index contributed by atoms with van der Waals surface area (Å²) < 4.78 is 7.47. The largest absolute Gasteiger partial charge is 0.462 e. The van der Waals surface area contributed by atoms with E-state index in [1.807, 2.05) is 43.5 Å². The summed E-state index contributed by atoms with van der Waals surface area (Å²) in [5.74, 6) is -0.304. The molecule has 2 aromatic rings. The van der Waals surface area contributed by atoms with E-state index >= 15 is 0 Å². The normalized spacial score (nSPS) is 20.6. The molecule has 1 aromatic carbocycles. The monoisotopic (exact) mass is 418 g/mol. The third kappa shape index (κ3) is 5.21. The molecule has 1 heterocycles. The predicted octanol–water partition coefficient (Wildman–Crippen LogP) is 4.88. The number of halogens is 1. The summed E-state index contributed by atoms with van der Waals surface area (Å²) >= 11 is 6.13. The highest BCUT2D eigenvalue weighted by molar-refractivity contribution is 6.30. The molecule has 1 aliphatic carbocycles. The fourth-order valence-electron chi connectivity index (χ4n) is 4.06. The molecular weight excluding hydrogens is 388 g/mol. The molecule has 0 saturated heterocycles. The van der Waals surface area contributed by atoms with Gasteiger partial charge in [-0.25, -0.2) is 4.79 Å². The quantitative estimate of drug-likeness (QED) is 0.629. The van der Waals surface area contributed by atoms with E-state index in [2.05, 4.69) is 23.7 Å². The molecule has 0 radical (unpaired) electrons. The molecule has 1 aromatic heterocycles. The summed E-state index contributed by atoms with van der Waals surface area (Å²) in [5, 5.41) is 14.3. The highest BCUT2D eigenvalue weighted by Crippen LogP contribution is 2.32. The summed E-state index contributed by atoms with van der Waals surface area (Å²) in [4.78, 5) is 12.7. The first-order valence-corrected chi connectivity index (χ1v) is 10.9. The number of rotatable bonds is 7. The van der Waals surface area contributed by atoms with E-state index in [0.717, 1.165) is 36.9 Å². The zero-order chi connectivity index (χ0) is 21.0. The topological polar surface area (TPSA) is 63.5 Å². The molecule has 5 nitrogen and oxygen atoms in total. The second-order valence-corrected chi connectivity index (χ2v) is 8.43. The first kappa shape index (κ1) is 21.9. The Labute approximate surface area is 178 Å². The number of hydrogen-bond donors (Lipinski definition) is 2. The van der Waals surface area contributed by atoms with Crippen LogP contribution in [0.5, 0.6) is 0 Å². The second-order valence-electron chi connectivity index (χ2n) is 7.99. The number of carbonyl (C=O) groups is 1. The molecule has 1 aliphatic rings. The number of carbonyl (C=O) groups excluding carboxylic acids is 1. The Hall–Kier alpha value is -1.82. The van der Waals surface area contributed by atoms with Gasteiger partial charge in [0.15, 0.2) is 0 Å². The Morgan fingerprint density at radius 3 is 2.45 bits per heavy atom. The van der Waals surface area contributed by atoms with Gasteiger partial charge in [0.25, 0.3) is 0 Å². The van der Waals surface area contributed by atoms with Gasteiger partial charge >= 0.3 is 5.97 Å². The number of ether oxygens (including phenoxy) is 1. The fourth-order valence-corrected chi connectivity index (χ4v) is 4.19. The molecule has 1 atom stereocenters. The van der Waals surface area contributed by atoms with E-state index in [-0.39, 0.29) is 30.2 Å². The van der Waals surface area contributed by atoms with Gasteiger partial charge in [0, 0.05) is 23.3 Å². The van der Waals surface area contributed by atoms with Crippen LogP contribution in [0.3, 0.4) is 0 Å². The van der Waals surface area contributed by atoms with Crippen LogP contribution in [0.25, 0.3) is 0 Å². The minimum absolute atomic E-state index is 0.177. The number of aliphatic hydroxyl groups excluding tert-OH is 1. The van der Waals surface area contributed by atoms with Crippen LogP contribution in [-0.2, 0) is 4.74 Å². The van der Waals surface area contributed by atoms with Crippen molar-refractivity contribution in [3.8, 4) is 0 Å². The van der Waals surface area contributed by atoms with Crippen molar-refractivity contribution in [2.75, 3.05) is 6.61 Å². The minimum Gasteiger partial charge on any atom is -0.462 e. The highest BCUT2D eigenvalue weighted by atomic mass is 35.5. The van der Waals surface area contributed by atoms with Crippen molar-refractivity contribution in [2.45, 2.75) is 70.7 Å². The van der Waals surface area contributed by atoms with Crippen molar-refractivity contribution >= 4 is 17.6 Å². The number of aliphatic hydroxyl groups is 1. The summed E-state index contributed by atoms with van der Waals surface area (Å²) in [6.45, 7) is 6.37. The van der Waals surface area contributed by atoms with Gasteiger partial charge in [-0.05, 0) is 70.2 Å². The molecule has 1 unspecified atom stereocenters. The molecule has 0 bridgehead atoms. The van der Waals surface area contributed by atoms with Crippen molar-refractivity contribution in [1.82, 2.24) is 9.88 Å². The Morgan fingerprint density at radius 1 is 1.21 bits per heavy atom. The SMILES string of the molecule is CCOC(=O)c1ccn(C(C)C)c1C(NC1CCC(O)CC1)c1ccc(Cl)cc1. The third-order valence-electron chi connectivity index (χ3n) is 5.58. The smallest absolute Gasteiger partial charge is 0.340 e. The lowest BCUT2D eigenvalue weighted by atomic mass is 9.91. The Morgan fingerprint density at radius 2 is 1.86 bits per heavy atom. The second kappa shape index (κ2) is 9.79. The Kier molecular flexibility index (Phi) is 7.38. The summed E-state index contributed by atoms with van der Waals surface area (Å²) in [6.07, 6.45) is 5.14. The van der Waals surface area contributed by atoms with E-state index in [1.165, 1.54) is 0 Å². The number of esters is 1. The zero-order valence-corrected chi connectivity index (χ0v) is 18.2. The molecule has 0 amide bonds. The van der Waals surface area contributed by atoms with E-state index in [0.29, 0.717) is 17.2 Å². The van der Waals surface area contributed by atoms with Gasteiger partial charge in [-0.1, -0.05) is 23.7 Å². The zero-order valence-electron chi connectivity index (χ0n) is 17.4. The number of nitrogens with one attached hydrogen (secondary N) is 1. The van der Waals surface area contributed by atoms with Gasteiger partial charge in [-0.3, -0.25) is 0 Å². The third-order valence-corrected chi connectivity index (χ3v) is 5.84. The van der Waals surface area contributed by atoms with Crippen LogP contribution in [0.15, 0.2) is 36.5 Å². The average Bonchev–Trinajstić information content (AvgIpc) is 3.14. The molecule has 1 saturated carbocycles. The molecule has 3 rings (SSSR count). The van der Waals surface area contributed by atoms with E-state index in [9.17, 15) is 9.90 Å². The number of nitrogens with zero attached hydrogens (tertiary/aromatic N) is 1. The van der Waals surface area contributed by atoms with Gasteiger partial charge in [0.1, 0.15) is 0 Å². The number of hydrogen-bond acceptors (Lipinski definition) is 4. The van der Waals surface area contributed by atoms with Crippen LogP contribution in [0.4, 0.5) is 0 Å². The van der Waals surface area contributed by atoms with Crippen LogP contribution in [0, 0.1) is 0 Å². The summed E-state index contributed by atoms with van der Waals surface area (Å²) in [7, 11) is 0. The first-order chi connectivity index (χ1) is 13.9. The molecule has 158 valence electrons. The highest BCUT2D eigenvalue weighted by Gasteiger charge is 2.30. The van der Waals surface area contributed by atoms with Gasteiger partial charge in [-0.15, -0.1) is 0 Å². The van der Waals surface area contributed by atoms with E-state index < -0.39 is 0 Å². The fraction of sp³-hybridized carbons (Fsp3) is 0.522. The Balaban J connectivity index is 2.04. The number of aromatic nitrogens is 1. The van der Waals surface area contributed by atoms with Gasteiger partial charge in [0.2, 0.25) is 0 Å². The molecule has 29 heavy (non-hydrogen) atoms. The van der Waals surface area contributed by atoms with Crippen molar-refractivity contribution < 1.29 is 14.6 Å². The maximum absolute atomic E-state index is 12.7. The van der Waals surface area contributed by atoms with Gasteiger partial charge < -0.3 is 19.7 Å². The van der Waals surface area contributed by atoms with Crippen molar-refractivity contribution in [1.29, 1.82) is 0 Å². The summed E-state index contributed by atoms with van der Waals surface area (Å²) in [6, 6.07) is 9.90. The average molecular weight is 419 g/mol. The molecule has 0 spiro atoms. The van der Waals surface area contributed by atoms with Crippen LogP contribution in [0.1, 0.15) is 80.2 Å². The van der Waals surface area contributed by atoms with Gasteiger partial charge in [-0.2, -0.15) is 0 Å². The lowest BCUT2D eigenvalue weighted by Crippen LogP contribution is -2.39. The van der Waals surface area contributed by atoms with Crippen LogP contribution in [0.2, 0.25) is 5.02 Å². The maximum Gasteiger partial charge on any atom is 0.340 e. The molecule has 6 heteroatoms. The van der Waals surface area contributed by atoms with E-state index in [4.69, 9.17) is 16.3 Å². The van der Waals surface area contributed by atoms with Crippen molar-refractivity contribution in [3.05, 3.63) is 58.4 Å². The standard InChI is InChI=1S/C23H31ClN2O3/c1-4-29-23(28)20-13-14-26(15(2)3)22(20)21(16-5-7-17(24)8-6-16)25-18-9-11-19(27)12-10-18/h5-8,13-15,18-19,21,25,27H,4,9-12H2,1-3H3. The lowest BCUT2D eigenvalue weighted by Gasteiger charge is -2.32. The van der Waals surface area contributed by atoms with Crippen molar-refractivity contribution in [2.24, 2.45) is 0 Å². The predicted molar refractivity (Wildman–Crippen MR) is 115 cm³/mol. The minimum atomic E-state index is -0.304. The van der Waals surface area contributed by atoms with Crippen molar-refractivity contribution in [3.63, 3.8) is 0 Å². The maximum atomic E-state index is 12.7. The van der Waals surface area contributed by atoms with E-state index in [1.54, 1.807) is 0 Å². The van der Waals surface area contributed by atoms with Crippen LogP contribution in [-0.4, -0.2) is 34.4 Å². The molecule has 1 fully saturated rings. The van der Waals surface area contributed by atoms with Crippen LogP contribution >= 0.6 is 11.6 Å². The molecule has 2 N–H and O–H groups in total. The molecular formula is C23H31ClN2O3. The lowest BCUT2D eigenvalue weighted by molar-refractivity contribution is 0.0524.